The maximum atomic E-state index is 13.5. The zero-order valence-corrected chi connectivity index (χ0v) is 20.0. The second-order valence-electron chi connectivity index (χ2n) is 9.89. The summed E-state index contributed by atoms with van der Waals surface area (Å²) in [5.41, 5.74) is 1.82. The smallest absolute Gasteiger partial charge is 0.319 e. The van der Waals surface area contributed by atoms with E-state index in [-0.39, 0.29) is 23.3 Å². The lowest BCUT2D eigenvalue weighted by Crippen LogP contribution is -2.55. The van der Waals surface area contributed by atoms with Gasteiger partial charge in [0, 0.05) is 29.2 Å². The molecule has 3 unspecified atom stereocenters. The summed E-state index contributed by atoms with van der Waals surface area (Å²) in [5, 5.41) is 5.94. The Morgan fingerprint density at radius 1 is 1.06 bits per heavy atom. The molecule has 1 aliphatic heterocycles. The Hall–Kier alpha value is -2.80. The van der Waals surface area contributed by atoms with Gasteiger partial charge in [-0.15, -0.1) is 0 Å². The molecule has 3 atom stereocenters. The minimum atomic E-state index is -0.364. The van der Waals surface area contributed by atoms with Gasteiger partial charge in [-0.05, 0) is 81.0 Å². The average Bonchev–Trinajstić information content (AvgIpc) is 3.17. The van der Waals surface area contributed by atoms with Gasteiger partial charge in [0.25, 0.3) is 0 Å². The molecule has 1 saturated heterocycles. The molecule has 0 spiro atoms. The van der Waals surface area contributed by atoms with Crippen molar-refractivity contribution in [1.82, 2.24) is 10.2 Å². The van der Waals surface area contributed by atoms with Gasteiger partial charge < -0.3 is 20.1 Å². The Kier molecular flexibility index (Phi) is 6.38. The first-order valence-electron chi connectivity index (χ1n) is 12.3. The minimum absolute atomic E-state index is 0.0480. The van der Waals surface area contributed by atoms with Crippen LogP contribution in [0, 0.1) is 5.82 Å². The molecule has 2 aliphatic carbocycles. The van der Waals surface area contributed by atoms with E-state index in [0.717, 1.165) is 43.7 Å². The number of rotatable bonds is 6. The number of amides is 2. The van der Waals surface area contributed by atoms with Gasteiger partial charge in [-0.25, -0.2) is 9.18 Å². The third-order valence-electron chi connectivity index (χ3n) is 8.22. The fraction of sp³-hybridized carbons (Fsp3) is 0.519. The van der Waals surface area contributed by atoms with Gasteiger partial charge in [0.15, 0.2) is 11.5 Å². The second-order valence-corrected chi connectivity index (χ2v) is 9.89. The van der Waals surface area contributed by atoms with Crippen LogP contribution in [0.1, 0.15) is 50.5 Å². The third-order valence-corrected chi connectivity index (χ3v) is 8.22. The first-order valence-corrected chi connectivity index (χ1v) is 12.3. The number of nitrogens with zero attached hydrogens (tertiary/aromatic N) is 1. The molecule has 0 aromatic heterocycles. The minimum Gasteiger partial charge on any atom is -0.493 e. The molecule has 1 heterocycles. The maximum Gasteiger partial charge on any atom is 0.319 e. The summed E-state index contributed by atoms with van der Waals surface area (Å²) in [4.78, 5) is 15.4. The van der Waals surface area contributed by atoms with E-state index in [4.69, 9.17) is 9.47 Å². The third kappa shape index (κ3) is 4.22. The first kappa shape index (κ1) is 23.0. The number of fused-ring (bicyclic) bond motifs is 1. The summed E-state index contributed by atoms with van der Waals surface area (Å²) < 4.78 is 24.6. The highest BCUT2D eigenvalue weighted by molar-refractivity contribution is 5.89. The lowest BCUT2D eigenvalue weighted by molar-refractivity contribution is 0.0646. The van der Waals surface area contributed by atoms with Crippen LogP contribution in [0.15, 0.2) is 42.5 Å². The van der Waals surface area contributed by atoms with E-state index in [1.807, 2.05) is 6.07 Å². The number of carbonyl (C=O) groups is 1. The van der Waals surface area contributed by atoms with Gasteiger partial charge in [0.05, 0.1) is 14.2 Å². The van der Waals surface area contributed by atoms with Crippen LogP contribution >= 0.6 is 0 Å². The van der Waals surface area contributed by atoms with Gasteiger partial charge in [-0.1, -0.05) is 18.6 Å². The van der Waals surface area contributed by atoms with Crippen LogP contribution in [-0.4, -0.2) is 49.8 Å². The number of nitrogens with one attached hydrogen (secondary N) is 2. The number of likely N-dealkylation sites (tertiary alicyclic amines) is 1. The van der Waals surface area contributed by atoms with Gasteiger partial charge in [-0.2, -0.15) is 0 Å². The summed E-state index contributed by atoms with van der Waals surface area (Å²) in [5.74, 6) is 1.15. The van der Waals surface area contributed by atoms with E-state index in [9.17, 15) is 9.18 Å². The lowest BCUT2D eigenvalue weighted by Gasteiger charge is -2.48. The average molecular weight is 468 g/mol. The Labute approximate surface area is 200 Å². The summed E-state index contributed by atoms with van der Waals surface area (Å²) in [7, 11) is 3.35. The largest absolute Gasteiger partial charge is 0.493 e. The van der Waals surface area contributed by atoms with Crippen LogP contribution in [0.2, 0.25) is 0 Å². The van der Waals surface area contributed by atoms with E-state index in [0.29, 0.717) is 17.8 Å². The van der Waals surface area contributed by atoms with Crippen molar-refractivity contribution in [2.45, 2.75) is 68.5 Å². The molecule has 34 heavy (non-hydrogen) atoms. The molecule has 2 aromatic carbocycles. The monoisotopic (exact) mass is 467 g/mol. The van der Waals surface area contributed by atoms with Crippen molar-refractivity contribution in [1.29, 1.82) is 0 Å². The number of anilines is 1. The number of halogens is 1. The maximum absolute atomic E-state index is 13.5. The van der Waals surface area contributed by atoms with Crippen LogP contribution in [0.3, 0.4) is 0 Å². The van der Waals surface area contributed by atoms with Gasteiger partial charge in [-0.3, -0.25) is 4.90 Å². The SMILES string of the molecule is COc1ccc(C23CCC(NC(=O)Nc4cccc(F)c4)CC2N(C2CCC2)CC3)cc1OC. The molecular weight excluding hydrogens is 433 g/mol. The van der Waals surface area contributed by atoms with Crippen molar-refractivity contribution < 1.29 is 18.7 Å². The van der Waals surface area contributed by atoms with Crippen LogP contribution in [0.4, 0.5) is 14.9 Å². The van der Waals surface area contributed by atoms with Crippen LogP contribution in [0.25, 0.3) is 0 Å². The predicted octanol–water partition coefficient (Wildman–Crippen LogP) is 5.08. The number of ether oxygens (including phenoxy) is 2. The van der Waals surface area contributed by atoms with Crippen molar-refractivity contribution in [2.75, 3.05) is 26.1 Å². The van der Waals surface area contributed by atoms with Gasteiger partial charge in [0.2, 0.25) is 0 Å². The number of hydrogen-bond acceptors (Lipinski definition) is 4. The first-order chi connectivity index (χ1) is 16.5. The Balaban J connectivity index is 1.36. The standard InChI is InChI=1S/C27H34FN3O3/c1-33-23-10-9-18(15-24(23)34-2)27-12-11-21(17-25(27)31(14-13-27)22-7-4-8-22)30-26(32)29-20-6-3-5-19(28)16-20/h3,5-6,9-10,15-16,21-22,25H,4,7-8,11-14,17H2,1-2H3,(H2,29,30,32). The highest BCUT2D eigenvalue weighted by atomic mass is 19.1. The van der Waals surface area contributed by atoms with E-state index >= 15 is 0 Å². The van der Waals surface area contributed by atoms with E-state index in [1.54, 1.807) is 26.4 Å². The molecule has 7 heteroatoms. The van der Waals surface area contributed by atoms with E-state index in [1.165, 1.54) is 37.0 Å². The zero-order chi connectivity index (χ0) is 23.7. The number of urea groups is 1. The van der Waals surface area contributed by atoms with Crippen molar-refractivity contribution >= 4 is 11.7 Å². The van der Waals surface area contributed by atoms with Crippen molar-refractivity contribution in [3.63, 3.8) is 0 Å². The fourth-order valence-corrected chi connectivity index (χ4v) is 6.27. The molecule has 6 nitrogen and oxygen atoms in total. The van der Waals surface area contributed by atoms with Crippen LogP contribution in [-0.2, 0) is 5.41 Å². The Morgan fingerprint density at radius 2 is 1.88 bits per heavy atom. The Bertz CT molecular complexity index is 1040. The molecule has 5 rings (SSSR count). The normalized spacial score (nSPS) is 26.9. The van der Waals surface area contributed by atoms with Crippen LogP contribution < -0.4 is 20.1 Å². The van der Waals surface area contributed by atoms with E-state index in [2.05, 4.69) is 27.7 Å². The quantitative estimate of drug-likeness (QED) is 0.622. The fourth-order valence-electron chi connectivity index (χ4n) is 6.27. The number of carbonyl (C=O) groups excluding carboxylic acids is 1. The van der Waals surface area contributed by atoms with Gasteiger partial charge >= 0.3 is 6.03 Å². The summed E-state index contributed by atoms with van der Waals surface area (Å²) in [6, 6.07) is 13.2. The molecule has 0 radical (unpaired) electrons. The number of benzene rings is 2. The van der Waals surface area contributed by atoms with E-state index < -0.39 is 0 Å². The Morgan fingerprint density at radius 3 is 2.59 bits per heavy atom. The molecule has 3 fully saturated rings. The topological polar surface area (TPSA) is 62.8 Å². The van der Waals surface area contributed by atoms with Crippen molar-refractivity contribution in [2.24, 2.45) is 0 Å². The van der Waals surface area contributed by atoms with Crippen LogP contribution in [0.5, 0.6) is 11.5 Å². The summed E-state index contributed by atoms with van der Waals surface area (Å²) in [6.07, 6.45) is 7.75. The number of methoxy groups -OCH3 is 2. The predicted molar refractivity (Wildman–Crippen MR) is 130 cm³/mol. The molecule has 3 aliphatic rings. The van der Waals surface area contributed by atoms with Crippen molar-refractivity contribution in [3.8, 4) is 11.5 Å². The molecule has 2 saturated carbocycles. The summed E-state index contributed by atoms with van der Waals surface area (Å²) >= 11 is 0. The summed E-state index contributed by atoms with van der Waals surface area (Å²) in [6.45, 7) is 1.09. The zero-order valence-electron chi connectivity index (χ0n) is 20.0. The lowest BCUT2D eigenvalue weighted by atomic mass is 9.64. The molecule has 0 bridgehead atoms. The van der Waals surface area contributed by atoms with Crippen molar-refractivity contribution in [3.05, 3.63) is 53.8 Å². The highest BCUT2D eigenvalue weighted by Gasteiger charge is 2.53. The second kappa shape index (κ2) is 9.45. The molecule has 2 N–H and O–H groups in total. The van der Waals surface area contributed by atoms with Gasteiger partial charge in [0.1, 0.15) is 5.82 Å². The molecule has 2 amide bonds. The molecule has 182 valence electrons. The molecule has 2 aromatic rings. The highest BCUT2D eigenvalue weighted by Crippen LogP contribution is 2.52. The number of hydrogen-bond donors (Lipinski definition) is 2. The molecular formula is C27H34FN3O3.